The molecule has 0 N–H and O–H groups in total. The van der Waals surface area contributed by atoms with E-state index in [9.17, 15) is 0 Å². The molecule has 0 radical (unpaired) electrons. The van der Waals surface area contributed by atoms with Crippen LogP contribution in [0.15, 0.2) is 0 Å². The molecule has 0 unspecified atom stereocenters. The van der Waals surface area contributed by atoms with Crippen LogP contribution in [0, 0.1) is 0 Å². The average molecular weight is 275 g/mol. The van der Waals surface area contributed by atoms with Gasteiger partial charge in [0.1, 0.15) is 0 Å². The van der Waals surface area contributed by atoms with Gasteiger partial charge in [-0.2, -0.15) is 18.8 Å². The Balaban J connectivity index is -0.0000000133. The van der Waals surface area contributed by atoms with Crippen molar-refractivity contribution in [3.63, 3.8) is 0 Å². The molecule has 0 aromatic rings. The second-order valence-corrected chi connectivity index (χ2v) is 0. The summed E-state index contributed by atoms with van der Waals surface area (Å²) < 4.78 is 0. The average Bonchev–Trinajstić information content (AvgIpc) is 2.03. The molecule has 4 heteroatoms. The SMILES string of the molecule is C[S-].C[S-].C[S-].[CH3][Sn+3]. The molecule has 0 atom stereocenters. The molecule has 0 aromatic heterocycles. The quantitative estimate of drug-likeness (QED) is 0.471. The molecule has 0 spiro atoms. The summed E-state index contributed by atoms with van der Waals surface area (Å²) in [6, 6.07) is 0. The van der Waals surface area contributed by atoms with Crippen molar-refractivity contribution in [2.24, 2.45) is 0 Å². The molecule has 0 nitrogen and oxygen atoms in total. The van der Waals surface area contributed by atoms with Crippen molar-refractivity contribution < 1.29 is 0 Å². The molecular weight excluding hydrogens is 263 g/mol. The fourth-order valence-electron chi connectivity index (χ4n) is 0. The fourth-order valence-corrected chi connectivity index (χ4v) is 0. The Morgan fingerprint density at radius 3 is 0.625 bits per heavy atom. The first kappa shape index (κ1) is 22.5. The van der Waals surface area contributed by atoms with Gasteiger partial charge in [0.15, 0.2) is 0 Å². The Morgan fingerprint density at radius 2 is 0.625 bits per heavy atom. The van der Waals surface area contributed by atoms with Gasteiger partial charge >= 0.3 is 27.5 Å². The molecule has 0 fully saturated rings. The second-order valence-electron chi connectivity index (χ2n) is 0. The Hall–Kier alpha value is 1.85. The molecule has 0 bridgehead atoms. The van der Waals surface area contributed by atoms with Crippen LogP contribution in [-0.4, -0.2) is 41.3 Å². The summed E-state index contributed by atoms with van der Waals surface area (Å²) in [5, 5.41) is 0. The van der Waals surface area contributed by atoms with E-state index >= 15 is 0 Å². The van der Waals surface area contributed by atoms with E-state index in [-0.39, 0.29) is 0 Å². The molecule has 0 aliphatic carbocycles. The Morgan fingerprint density at radius 1 is 0.625 bits per heavy atom. The fraction of sp³-hybridized carbons (Fsp3) is 1.00. The monoisotopic (exact) mass is 276 g/mol. The summed E-state index contributed by atoms with van der Waals surface area (Å²) in [5.41, 5.74) is 0. The molecule has 50 valence electrons. The molecule has 0 heterocycles. The normalized spacial score (nSPS) is 3.12. The van der Waals surface area contributed by atoms with Gasteiger partial charge in [-0.05, 0) is 0 Å². The Kier molecular flexibility index (Phi) is 449. The van der Waals surface area contributed by atoms with Crippen molar-refractivity contribution in [1.82, 2.24) is 0 Å². The summed E-state index contributed by atoms with van der Waals surface area (Å²) in [4.78, 5) is 2.09. The molecule has 0 saturated carbocycles. The maximum atomic E-state index is 4.08. The van der Waals surface area contributed by atoms with Crippen LogP contribution in [-0.2, 0) is 37.9 Å². The van der Waals surface area contributed by atoms with Crippen LogP contribution in [0.1, 0.15) is 0 Å². The summed E-state index contributed by atoms with van der Waals surface area (Å²) >= 11 is 13.8. The zero-order valence-electron chi connectivity index (χ0n) is 5.72. The van der Waals surface area contributed by atoms with Crippen LogP contribution in [0.2, 0.25) is 4.94 Å². The predicted molar refractivity (Wildman–Crippen MR) is 51.5 cm³/mol. The zero-order valence-corrected chi connectivity index (χ0v) is 11.0. The third kappa shape index (κ3) is 108. The van der Waals surface area contributed by atoms with Gasteiger partial charge in [-0.15, -0.1) is 0 Å². The van der Waals surface area contributed by atoms with E-state index in [4.69, 9.17) is 0 Å². The standard InChI is InChI=1S/3CH4S.CH3.Sn/c3*1-2;;/h3*2H,1H3;1H3;/q;;;;+3/p-3. The minimum absolute atomic E-state index is 1.55. The van der Waals surface area contributed by atoms with Crippen LogP contribution in [0.25, 0.3) is 0 Å². The molecule has 0 amide bonds. The first-order chi connectivity index (χ1) is 4.00. The van der Waals surface area contributed by atoms with E-state index in [0.717, 1.165) is 0 Å². The molecule has 8 heavy (non-hydrogen) atoms. The Bertz CT molecular complexity index is 11.2. The van der Waals surface area contributed by atoms with Crippen molar-refractivity contribution in [3.8, 4) is 0 Å². The van der Waals surface area contributed by atoms with Gasteiger partial charge in [-0.1, -0.05) is 0 Å². The van der Waals surface area contributed by atoms with Crippen LogP contribution >= 0.6 is 0 Å². The van der Waals surface area contributed by atoms with Crippen molar-refractivity contribution in [2.45, 2.75) is 4.94 Å². The van der Waals surface area contributed by atoms with Crippen molar-refractivity contribution >= 4 is 60.4 Å². The van der Waals surface area contributed by atoms with Gasteiger partial charge in [0.2, 0.25) is 0 Å². The molecule has 0 rings (SSSR count). The van der Waals surface area contributed by atoms with Crippen molar-refractivity contribution in [1.29, 1.82) is 0 Å². The van der Waals surface area contributed by atoms with Crippen molar-refractivity contribution in [2.75, 3.05) is 18.8 Å². The van der Waals surface area contributed by atoms with Gasteiger partial charge < -0.3 is 37.9 Å². The van der Waals surface area contributed by atoms with Gasteiger partial charge in [-0.25, -0.2) is 0 Å². The van der Waals surface area contributed by atoms with E-state index in [2.05, 4.69) is 42.8 Å². The van der Waals surface area contributed by atoms with Crippen molar-refractivity contribution in [3.05, 3.63) is 0 Å². The second kappa shape index (κ2) is 159. The van der Waals surface area contributed by atoms with Crippen LogP contribution < -0.4 is 0 Å². The van der Waals surface area contributed by atoms with Gasteiger partial charge in [0.25, 0.3) is 0 Å². The third-order valence-corrected chi connectivity index (χ3v) is 0. The first-order valence-electron chi connectivity index (χ1n) is 1.72. The first-order valence-corrected chi connectivity index (χ1v) is 7.03. The molecule has 0 aliphatic heterocycles. The predicted octanol–water partition coefficient (Wildman–Crippen LogP) is 0.692. The van der Waals surface area contributed by atoms with E-state index in [0.29, 0.717) is 0 Å². The number of rotatable bonds is 0. The topological polar surface area (TPSA) is 0 Å². The van der Waals surface area contributed by atoms with Crippen LogP contribution in [0.4, 0.5) is 0 Å². The van der Waals surface area contributed by atoms with Gasteiger partial charge in [-0.3, -0.25) is 0 Å². The molecule has 0 saturated heterocycles. The molecule has 0 aliphatic rings. The van der Waals surface area contributed by atoms with E-state index < -0.39 is 0 Å². The summed E-state index contributed by atoms with van der Waals surface area (Å²) in [7, 11) is 0. The van der Waals surface area contributed by atoms with Gasteiger partial charge in [0, 0.05) is 0 Å². The van der Waals surface area contributed by atoms with E-state index in [1.807, 2.05) is 0 Å². The van der Waals surface area contributed by atoms with E-state index in [1.165, 1.54) is 0 Å². The summed E-state index contributed by atoms with van der Waals surface area (Å²) in [5.74, 6) is 0. The number of hydrogen-bond acceptors (Lipinski definition) is 3. The van der Waals surface area contributed by atoms with Crippen LogP contribution in [0.5, 0.6) is 0 Å². The third-order valence-electron chi connectivity index (χ3n) is 0. The molecular formula is C4H12S3Sn. The minimum atomic E-state index is 1.55. The summed E-state index contributed by atoms with van der Waals surface area (Å²) in [6.07, 6.45) is 4.75. The van der Waals surface area contributed by atoms with E-state index in [1.54, 1.807) is 41.3 Å². The number of hydrogen-bond donors (Lipinski definition) is 0. The zero-order chi connectivity index (χ0) is 8.00. The molecule has 0 aromatic carbocycles. The maximum absolute atomic E-state index is 4.08. The van der Waals surface area contributed by atoms with Crippen LogP contribution in [0.3, 0.4) is 0 Å². The van der Waals surface area contributed by atoms with Gasteiger partial charge in [0.05, 0.1) is 0 Å². The Labute approximate surface area is 83.5 Å². The summed E-state index contributed by atoms with van der Waals surface area (Å²) in [6.45, 7) is 0.